The van der Waals surface area contributed by atoms with Crippen LogP contribution in [0.2, 0.25) is 0 Å². The molecule has 1 atom stereocenters. The Bertz CT molecular complexity index is 955. The molecule has 0 fully saturated rings. The highest BCUT2D eigenvalue weighted by Crippen LogP contribution is 2.24. The third-order valence-corrected chi connectivity index (χ3v) is 5.61. The number of rotatable bonds is 7. The molecule has 2 amide bonds. The van der Waals surface area contributed by atoms with Gasteiger partial charge in [-0.1, -0.05) is 30.3 Å². The Balaban J connectivity index is 1.71. The van der Waals surface area contributed by atoms with E-state index in [9.17, 15) is 14.4 Å². The molecule has 0 aromatic heterocycles. The van der Waals surface area contributed by atoms with Gasteiger partial charge in [-0.25, -0.2) is 0 Å². The van der Waals surface area contributed by atoms with Gasteiger partial charge in [0.1, 0.15) is 6.04 Å². The average molecular weight is 424 g/mol. The van der Waals surface area contributed by atoms with Crippen molar-refractivity contribution in [3.8, 4) is 0 Å². The van der Waals surface area contributed by atoms with Gasteiger partial charge in [0.05, 0.1) is 13.7 Å². The fourth-order valence-electron chi connectivity index (χ4n) is 3.92. The standard InChI is InChI=1S/C24H29N3O4/c1-4-26(5-2)23(29)18-11-8-12-20(13-18)25-22(28)16-27-15-19-10-7-6-9-17(19)14-21(27)24(30)31-3/h6-13,21H,4-5,14-16H2,1-3H3,(H,25,28)/t21-/m1/s1. The number of carbonyl (C=O) groups excluding carboxylic acids is 3. The van der Waals surface area contributed by atoms with Gasteiger partial charge in [0.2, 0.25) is 5.91 Å². The highest BCUT2D eigenvalue weighted by molar-refractivity contribution is 5.97. The number of esters is 1. The topological polar surface area (TPSA) is 79.0 Å². The molecule has 1 aliphatic rings. The zero-order valence-corrected chi connectivity index (χ0v) is 18.3. The monoisotopic (exact) mass is 423 g/mol. The quantitative estimate of drug-likeness (QED) is 0.693. The SMILES string of the molecule is CCN(CC)C(=O)c1cccc(NC(=O)CN2Cc3ccccc3C[C@@H]2C(=O)OC)c1. The minimum absolute atomic E-state index is 0.0440. The first-order valence-corrected chi connectivity index (χ1v) is 10.5. The molecule has 7 nitrogen and oxygen atoms in total. The number of fused-ring (bicyclic) bond motifs is 1. The van der Waals surface area contributed by atoms with Crippen LogP contribution in [0.25, 0.3) is 0 Å². The molecule has 31 heavy (non-hydrogen) atoms. The molecule has 0 spiro atoms. The van der Waals surface area contributed by atoms with Gasteiger partial charge in [-0.15, -0.1) is 0 Å². The Labute approximate surface area is 183 Å². The van der Waals surface area contributed by atoms with Crippen LogP contribution in [0.5, 0.6) is 0 Å². The van der Waals surface area contributed by atoms with E-state index in [4.69, 9.17) is 4.74 Å². The molecule has 0 saturated heterocycles. The average Bonchev–Trinajstić information content (AvgIpc) is 2.79. The number of nitrogens with one attached hydrogen (secondary N) is 1. The second-order valence-electron chi connectivity index (χ2n) is 7.52. The fourth-order valence-corrected chi connectivity index (χ4v) is 3.92. The van der Waals surface area contributed by atoms with E-state index < -0.39 is 6.04 Å². The van der Waals surface area contributed by atoms with Crippen molar-refractivity contribution in [1.29, 1.82) is 0 Å². The molecule has 164 valence electrons. The third-order valence-electron chi connectivity index (χ3n) is 5.61. The van der Waals surface area contributed by atoms with E-state index in [-0.39, 0.29) is 24.3 Å². The number of methoxy groups -OCH3 is 1. The summed E-state index contributed by atoms with van der Waals surface area (Å²) < 4.78 is 4.97. The lowest BCUT2D eigenvalue weighted by Crippen LogP contribution is -2.49. The first-order valence-electron chi connectivity index (χ1n) is 10.5. The Hall–Kier alpha value is -3.19. The summed E-state index contributed by atoms with van der Waals surface area (Å²) in [6.07, 6.45) is 0.504. The van der Waals surface area contributed by atoms with Gasteiger partial charge in [-0.05, 0) is 49.6 Å². The minimum Gasteiger partial charge on any atom is -0.468 e. The first kappa shape index (κ1) is 22.5. The number of benzene rings is 2. The summed E-state index contributed by atoms with van der Waals surface area (Å²) in [6, 6.07) is 14.3. The van der Waals surface area contributed by atoms with Crippen LogP contribution >= 0.6 is 0 Å². The maximum atomic E-state index is 12.8. The number of hydrogen-bond donors (Lipinski definition) is 1. The maximum absolute atomic E-state index is 12.8. The Kier molecular flexibility index (Phi) is 7.41. The minimum atomic E-state index is -0.513. The van der Waals surface area contributed by atoms with Crippen molar-refractivity contribution in [3.05, 3.63) is 65.2 Å². The molecular formula is C24H29N3O4. The van der Waals surface area contributed by atoms with Crippen LogP contribution in [0, 0.1) is 0 Å². The first-order chi connectivity index (χ1) is 15.0. The fraction of sp³-hybridized carbons (Fsp3) is 0.375. The predicted molar refractivity (Wildman–Crippen MR) is 119 cm³/mol. The summed E-state index contributed by atoms with van der Waals surface area (Å²) in [4.78, 5) is 41.2. The van der Waals surface area contributed by atoms with Crippen molar-refractivity contribution < 1.29 is 19.1 Å². The smallest absolute Gasteiger partial charge is 0.323 e. The van der Waals surface area contributed by atoms with Gasteiger partial charge in [-0.3, -0.25) is 19.3 Å². The lowest BCUT2D eigenvalue weighted by atomic mass is 9.94. The Morgan fingerprint density at radius 1 is 1.06 bits per heavy atom. The Morgan fingerprint density at radius 2 is 1.77 bits per heavy atom. The predicted octanol–water partition coefficient (Wildman–Crippen LogP) is 2.71. The number of nitrogens with zero attached hydrogens (tertiary/aromatic N) is 2. The molecule has 0 aliphatic carbocycles. The molecule has 0 radical (unpaired) electrons. The van der Waals surface area contributed by atoms with E-state index in [0.29, 0.717) is 37.3 Å². The van der Waals surface area contributed by atoms with E-state index in [2.05, 4.69) is 5.32 Å². The zero-order chi connectivity index (χ0) is 22.4. The van der Waals surface area contributed by atoms with Crippen molar-refractivity contribution >= 4 is 23.5 Å². The molecule has 0 unspecified atom stereocenters. The molecule has 7 heteroatoms. The van der Waals surface area contributed by atoms with Crippen molar-refractivity contribution in [3.63, 3.8) is 0 Å². The van der Waals surface area contributed by atoms with Gasteiger partial charge >= 0.3 is 5.97 Å². The van der Waals surface area contributed by atoms with Crippen LogP contribution in [0.4, 0.5) is 5.69 Å². The van der Waals surface area contributed by atoms with Gasteiger partial charge < -0.3 is 15.0 Å². The van der Waals surface area contributed by atoms with Crippen molar-refractivity contribution in [1.82, 2.24) is 9.80 Å². The summed E-state index contributed by atoms with van der Waals surface area (Å²) in [6.45, 7) is 5.64. The van der Waals surface area contributed by atoms with Crippen LogP contribution in [0.3, 0.4) is 0 Å². The number of amides is 2. The van der Waals surface area contributed by atoms with E-state index in [1.165, 1.54) is 7.11 Å². The second kappa shape index (κ2) is 10.2. The van der Waals surface area contributed by atoms with Crippen molar-refractivity contribution in [2.24, 2.45) is 0 Å². The largest absolute Gasteiger partial charge is 0.468 e. The lowest BCUT2D eigenvalue weighted by molar-refractivity contribution is -0.148. The van der Waals surface area contributed by atoms with E-state index >= 15 is 0 Å². The molecule has 1 N–H and O–H groups in total. The molecule has 0 bridgehead atoms. The molecule has 1 aliphatic heterocycles. The summed E-state index contributed by atoms with van der Waals surface area (Å²) in [5, 5.41) is 2.86. The molecule has 2 aromatic carbocycles. The summed E-state index contributed by atoms with van der Waals surface area (Å²) in [5.41, 5.74) is 3.27. The molecule has 2 aromatic rings. The molecule has 0 saturated carbocycles. The number of hydrogen-bond acceptors (Lipinski definition) is 5. The van der Waals surface area contributed by atoms with Gasteiger partial charge in [0.25, 0.3) is 5.91 Å². The Morgan fingerprint density at radius 3 is 2.45 bits per heavy atom. The van der Waals surface area contributed by atoms with E-state index in [1.807, 2.05) is 43.0 Å². The second-order valence-corrected chi connectivity index (χ2v) is 7.52. The van der Waals surface area contributed by atoms with Crippen LogP contribution in [-0.4, -0.2) is 60.4 Å². The van der Waals surface area contributed by atoms with Gasteiger partial charge in [0, 0.05) is 30.9 Å². The number of carbonyl (C=O) groups is 3. The normalized spacial score (nSPS) is 15.6. The zero-order valence-electron chi connectivity index (χ0n) is 18.3. The maximum Gasteiger partial charge on any atom is 0.323 e. The lowest BCUT2D eigenvalue weighted by Gasteiger charge is -2.34. The third kappa shape index (κ3) is 5.30. The van der Waals surface area contributed by atoms with Crippen LogP contribution in [0.15, 0.2) is 48.5 Å². The summed E-state index contributed by atoms with van der Waals surface area (Å²) in [7, 11) is 1.36. The van der Waals surface area contributed by atoms with Crippen LogP contribution in [0.1, 0.15) is 35.3 Å². The highest BCUT2D eigenvalue weighted by atomic mass is 16.5. The van der Waals surface area contributed by atoms with E-state index in [1.54, 1.807) is 29.2 Å². The molecule has 3 rings (SSSR count). The van der Waals surface area contributed by atoms with Gasteiger partial charge in [0.15, 0.2) is 0 Å². The van der Waals surface area contributed by atoms with Crippen molar-refractivity contribution in [2.45, 2.75) is 32.9 Å². The highest BCUT2D eigenvalue weighted by Gasteiger charge is 2.33. The summed E-state index contributed by atoms with van der Waals surface area (Å²) in [5.74, 6) is -0.672. The summed E-state index contributed by atoms with van der Waals surface area (Å²) >= 11 is 0. The van der Waals surface area contributed by atoms with Gasteiger partial charge in [-0.2, -0.15) is 0 Å². The molecular weight excluding hydrogens is 394 g/mol. The number of ether oxygens (including phenoxy) is 1. The molecule has 1 heterocycles. The van der Waals surface area contributed by atoms with Crippen LogP contribution < -0.4 is 5.32 Å². The van der Waals surface area contributed by atoms with Crippen LogP contribution in [-0.2, 0) is 27.3 Å². The van der Waals surface area contributed by atoms with Crippen molar-refractivity contribution in [2.75, 3.05) is 32.1 Å². The number of anilines is 1. The van der Waals surface area contributed by atoms with E-state index in [0.717, 1.165) is 11.1 Å².